The van der Waals surface area contributed by atoms with Gasteiger partial charge in [-0.2, -0.15) is 0 Å². The van der Waals surface area contributed by atoms with E-state index in [0.717, 1.165) is 17.7 Å². The molecule has 116 valence electrons. The van der Waals surface area contributed by atoms with Crippen molar-refractivity contribution in [1.29, 1.82) is 0 Å². The third-order valence-corrected chi connectivity index (χ3v) is 3.27. The molecule has 0 radical (unpaired) electrons. The molecule has 0 bridgehead atoms. The van der Waals surface area contributed by atoms with Crippen molar-refractivity contribution in [2.75, 3.05) is 11.9 Å². The zero-order chi connectivity index (χ0) is 15.5. The van der Waals surface area contributed by atoms with Crippen LogP contribution in [-0.2, 0) is 17.8 Å². The molecule has 0 aliphatic carbocycles. The molecular weight excluding hydrogens is 286 g/mol. The number of ether oxygens (including phenoxy) is 2. The summed E-state index contributed by atoms with van der Waals surface area (Å²) in [5.74, 6) is 1.19. The quantitative estimate of drug-likeness (QED) is 0.887. The standard InChI is InChI=1S/C14H17N5O3/c1-3-21-13-5-10-4-9(2)22-12(10)6-11(13)16-14(20)7-19-8-15-17-18-19/h5-6,8-9H,3-4,7H2,1-2H3,(H,16,20). The number of carbonyl (C=O) groups is 1. The summed E-state index contributed by atoms with van der Waals surface area (Å²) in [5.41, 5.74) is 1.68. The highest BCUT2D eigenvalue weighted by Gasteiger charge is 2.22. The molecule has 1 aromatic heterocycles. The lowest BCUT2D eigenvalue weighted by Gasteiger charge is -2.13. The van der Waals surface area contributed by atoms with Crippen molar-refractivity contribution in [1.82, 2.24) is 20.2 Å². The van der Waals surface area contributed by atoms with Gasteiger partial charge >= 0.3 is 0 Å². The Bertz CT molecular complexity index is 671. The van der Waals surface area contributed by atoms with Crippen molar-refractivity contribution in [2.24, 2.45) is 0 Å². The zero-order valence-corrected chi connectivity index (χ0v) is 12.4. The SMILES string of the molecule is CCOc1cc2c(cc1NC(=O)Cn1cnnn1)OC(C)C2. The Labute approximate surface area is 127 Å². The minimum Gasteiger partial charge on any atom is -0.492 e. The molecule has 1 aliphatic rings. The number of rotatable bonds is 5. The number of nitrogens with zero attached hydrogens (tertiary/aromatic N) is 4. The van der Waals surface area contributed by atoms with E-state index in [-0.39, 0.29) is 18.6 Å². The number of hydrogen-bond acceptors (Lipinski definition) is 6. The highest BCUT2D eigenvalue weighted by atomic mass is 16.5. The van der Waals surface area contributed by atoms with E-state index >= 15 is 0 Å². The van der Waals surface area contributed by atoms with Gasteiger partial charge in [-0.15, -0.1) is 5.10 Å². The predicted octanol–water partition coefficient (Wildman–Crippen LogP) is 1.03. The smallest absolute Gasteiger partial charge is 0.246 e. The monoisotopic (exact) mass is 303 g/mol. The molecule has 1 unspecified atom stereocenters. The largest absolute Gasteiger partial charge is 0.492 e. The Morgan fingerprint density at radius 3 is 3.14 bits per heavy atom. The van der Waals surface area contributed by atoms with E-state index in [4.69, 9.17) is 9.47 Å². The molecule has 2 heterocycles. The van der Waals surface area contributed by atoms with Gasteiger partial charge in [-0.05, 0) is 30.3 Å². The van der Waals surface area contributed by atoms with E-state index in [1.54, 1.807) is 6.07 Å². The molecular formula is C14H17N5O3. The predicted molar refractivity (Wildman–Crippen MR) is 77.9 cm³/mol. The van der Waals surface area contributed by atoms with Crippen LogP contribution in [0.2, 0.25) is 0 Å². The minimum absolute atomic E-state index is 0.0346. The number of benzene rings is 1. The van der Waals surface area contributed by atoms with Gasteiger partial charge in [-0.1, -0.05) is 0 Å². The molecule has 1 atom stereocenters. The average molecular weight is 303 g/mol. The maximum atomic E-state index is 12.1. The summed E-state index contributed by atoms with van der Waals surface area (Å²) in [7, 11) is 0. The van der Waals surface area contributed by atoms with Gasteiger partial charge in [0.25, 0.3) is 0 Å². The second kappa shape index (κ2) is 6.00. The Kier molecular flexibility index (Phi) is 3.90. The first kappa shape index (κ1) is 14.3. The third kappa shape index (κ3) is 3.00. The lowest BCUT2D eigenvalue weighted by Crippen LogP contribution is -2.19. The number of anilines is 1. The van der Waals surface area contributed by atoms with Crippen LogP contribution in [0, 0.1) is 0 Å². The molecule has 2 aromatic rings. The summed E-state index contributed by atoms with van der Waals surface area (Å²) < 4.78 is 12.7. The highest BCUT2D eigenvalue weighted by molar-refractivity contribution is 5.92. The van der Waals surface area contributed by atoms with Gasteiger partial charge in [0.15, 0.2) is 0 Å². The van der Waals surface area contributed by atoms with E-state index < -0.39 is 0 Å². The number of amides is 1. The molecule has 0 saturated carbocycles. The van der Waals surface area contributed by atoms with Crippen LogP contribution in [0.3, 0.4) is 0 Å². The maximum Gasteiger partial charge on any atom is 0.246 e. The van der Waals surface area contributed by atoms with Gasteiger partial charge < -0.3 is 14.8 Å². The molecule has 1 N–H and O–H groups in total. The van der Waals surface area contributed by atoms with Crippen molar-refractivity contribution < 1.29 is 14.3 Å². The normalized spacial score (nSPS) is 16.0. The number of nitrogens with one attached hydrogen (secondary N) is 1. The van der Waals surface area contributed by atoms with Crippen LogP contribution in [0.15, 0.2) is 18.5 Å². The van der Waals surface area contributed by atoms with Gasteiger partial charge in [0.05, 0.1) is 12.3 Å². The van der Waals surface area contributed by atoms with Gasteiger partial charge in [-0.25, -0.2) is 4.68 Å². The molecule has 0 fully saturated rings. The van der Waals surface area contributed by atoms with E-state index in [1.165, 1.54) is 11.0 Å². The fourth-order valence-electron chi connectivity index (χ4n) is 2.40. The molecule has 1 amide bonds. The van der Waals surface area contributed by atoms with Gasteiger partial charge in [0.2, 0.25) is 5.91 Å². The summed E-state index contributed by atoms with van der Waals surface area (Å²) in [5, 5.41) is 13.5. The van der Waals surface area contributed by atoms with Gasteiger partial charge in [0, 0.05) is 18.1 Å². The van der Waals surface area contributed by atoms with Crippen molar-refractivity contribution in [3.05, 3.63) is 24.0 Å². The van der Waals surface area contributed by atoms with Crippen LogP contribution in [0.25, 0.3) is 0 Å². The Morgan fingerprint density at radius 1 is 1.55 bits per heavy atom. The highest BCUT2D eigenvalue weighted by Crippen LogP contribution is 2.38. The van der Waals surface area contributed by atoms with E-state index in [0.29, 0.717) is 18.0 Å². The number of fused-ring (bicyclic) bond motifs is 1. The minimum atomic E-state index is -0.237. The van der Waals surface area contributed by atoms with Gasteiger partial charge in [-0.3, -0.25) is 4.79 Å². The van der Waals surface area contributed by atoms with Crippen LogP contribution in [0.5, 0.6) is 11.5 Å². The van der Waals surface area contributed by atoms with Crippen LogP contribution < -0.4 is 14.8 Å². The Balaban J connectivity index is 1.79. The molecule has 22 heavy (non-hydrogen) atoms. The zero-order valence-electron chi connectivity index (χ0n) is 12.4. The van der Waals surface area contributed by atoms with Crippen LogP contribution in [0.1, 0.15) is 19.4 Å². The van der Waals surface area contributed by atoms with Crippen molar-refractivity contribution in [3.63, 3.8) is 0 Å². The Hall–Kier alpha value is -2.64. The number of aromatic nitrogens is 4. The lowest BCUT2D eigenvalue weighted by molar-refractivity contribution is -0.116. The van der Waals surface area contributed by atoms with Crippen LogP contribution in [0.4, 0.5) is 5.69 Å². The first-order valence-corrected chi connectivity index (χ1v) is 7.12. The van der Waals surface area contributed by atoms with Crippen molar-refractivity contribution >= 4 is 11.6 Å². The summed E-state index contributed by atoms with van der Waals surface area (Å²) in [6.45, 7) is 4.47. The number of carbonyl (C=O) groups excluding carboxylic acids is 1. The molecule has 8 heteroatoms. The fourth-order valence-corrected chi connectivity index (χ4v) is 2.40. The molecule has 1 aromatic carbocycles. The van der Waals surface area contributed by atoms with Gasteiger partial charge in [0.1, 0.15) is 30.5 Å². The second-order valence-corrected chi connectivity index (χ2v) is 5.08. The number of hydrogen-bond donors (Lipinski definition) is 1. The third-order valence-electron chi connectivity index (χ3n) is 3.27. The van der Waals surface area contributed by atoms with Crippen LogP contribution >= 0.6 is 0 Å². The molecule has 3 rings (SSSR count). The Morgan fingerprint density at radius 2 is 2.41 bits per heavy atom. The summed E-state index contributed by atoms with van der Waals surface area (Å²) in [6, 6.07) is 3.73. The average Bonchev–Trinajstić information content (AvgIpc) is 3.07. The first-order valence-electron chi connectivity index (χ1n) is 7.12. The topological polar surface area (TPSA) is 91.2 Å². The molecule has 8 nitrogen and oxygen atoms in total. The van der Waals surface area contributed by atoms with E-state index in [2.05, 4.69) is 20.8 Å². The van der Waals surface area contributed by atoms with Crippen molar-refractivity contribution in [2.45, 2.75) is 32.9 Å². The maximum absolute atomic E-state index is 12.1. The fraction of sp³-hybridized carbons (Fsp3) is 0.429. The molecule has 0 saturated heterocycles. The van der Waals surface area contributed by atoms with E-state index in [1.807, 2.05) is 19.9 Å². The summed E-state index contributed by atoms with van der Waals surface area (Å²) in [6.07, 6.45) is 2.36. The summed E-state index contributed by atoms with van der Waals surface area (Å²) in [4.78, 5) is 12.1. The molecule has 0 spiro atoms. The van der Waals surface area contributed by atoms with E-state index in [9.17, 15) is 4.79 Å². The summed E-state index contributed by atoms with van der Waals surface area (Å²) >= 11 is 0. The molecule has 1 aliphatic heterocycles. The van der Waals surface area contributed by atoms with Crippen LogP contribution in [-0.4, -0.2) is 38.8 Å². The first-order chi connectivity index (χ1) is 10.7. The van der Waals surface area contributed by atoms with Crippen molar-refractivity contribution in [3.8, 4) is 11.5 Å². The lowest BCUT2D eigenvalue weighted by atomic mass is 10.1. The second-order valence-electron chi connectivity index (χ2n) is 5.08. The number of tetrazole rings is 1.